The van der Waals surface area contributed by atoms with Crippen molar-refractivity contribution in [3.8, 4) is 0 Å². The van der Waals surface area contributed by atoms with Gasteiger partial charge in [0.1, 0.15) is 11.6 Å². The number of anilines is 1. The van der Waals surface area contributed by atoms with Crippen molar-refractivity contribution in [3.05, 3.63) is 47.7 Å². The zero-order chi connectivity index (χ0) is 16.9. The Kier molecular flexibility index (Phi) is 5.26. The molecule has 6 nitrogen and oxygen atoms in total. The minimum absolute atomic E-state index is 0.0422. The third-order valence-corrected chi connectivity index (χ3v) is 3.27. The monoisotopic (exact) mass is 314 g/mol. The van der Waals surface area contributed by atoms with E-state index in [9.17, 15) is 4.79 Å². The van der Waals surface area contributed by atoms with Crippen molar-refractivity contribution in [2.24, 2.45) is 0 Å². The second kappa shape index (κ2) is 7.17. The molecule has 0 saturated heterocycles. The highest BCUT2D eigenvalue weighted by molar-refractivity contribution is 5.85. The van der Waals surface area contributed by atoms with Crippen LogP contribution in [0.2, 0.25) is 0 Å². The number of aryl methyl sites for hydroxylation is 1. The van der Waals surface area contributed by atoms with Gasteiger partial charge in [-0.15, -0.1) is 0 Å². The van der Waals surface area contributed by atoms with Crippen LogP contribution in [-0.4, -0.2) is 32.6 Å². The average Bonchev–Trinajstić information content (AvgIpc) is 2.51. The first-order valence-electron chi connectivity index (χ1n) is 7.63. The Balaban J connectivity index is 1.86. The summed E-state index contributed by atoms with van der Waals surface area (Å²) in [6.45, 7) is 6.98. The molecule has 0 radical (unpaired) electrons. The third kappa shape index (κ3) is 5.02. The molecule has 6 heteroatoms. The molecule has 0 aliphatic heterocycles. The predicted molar refractivity (Wildman–Crippen MR) is 88.7 cm³/mol. The number of nitrogens with zero attached hydrogens (tertiary/aromatic N) is 3. The number of hydrogen-bond donors (Lipinski definition) is 2. The van der Waals surface area contributed by atoms with Gasteiger partial charge in [-0.3, -0.25) is 0 Å². The van der Waals surface area contributed by atoms with Gasteiger partial charge in [-0.2, -0.15) is 0 Å². The Morgan fingerprint density at radius 3 is 2.70 bits per heavy atom. The highest BCUT2D eigenvalue weighted by Crippen LogP contribution is 2.17. The third-order valence-electron chi connectivity index (χ3n) is 3.27. The van der Waals surface area contributed by atoms with E-state index in [1.807, 2.05) is 6.07 Å². The lowest BCUT2D eigenvalue weighted by molar-refractivity contribution is 0.0690. The number of carboxylic acids is 1. The Bertz CT molecular complexity index is 680. The molecule has 2 N–H and O–H groups in total. The number of aromatic carboxylic acids is 1. The maximum absolute atomic E-state index is 10.9. The van der Waals surface area contributed by atoms with Crippen molar-refractivity contribution >= 4 is 11.8 Å². The molecule has 0 bridgehead atoms. The standard InChI is InChI=1S/C17H22N4O2/c1-17(2,3)16-19-11-9-12(20-16)6-5-10-18-14-8-4-7-13(21-14)15(22)23/h4,7-9,11H,5-6,10H2,1-3H3,(H,18,21)(H,22,23). The van der Waals surface area contributed by atoms with E-state index in [2.05, 4.69) is 41.0 Å². The minimum atomic E-state index is -1.02. The first-order valence-corrected chi connectivity index (χ1v) is 7.63. The summed E-state index contributed by atoms with van der Waals surface area (Å²) in [7, 11) is 0. The van der Waals surface area contributed by atoms with Gasteiger partial charge in [-0.1, -0.05) is 26.8 Å². The van der Waals surface area contributed by atoms with Crippen molar-refractivity contribution in [3.63, 3.8) is 0 Å². The van der Waals surface area contributed by atoms with Gasteiger partial charge in [0.2, 0.25) is 0 Å². The quantitative estimate of drug-likeness (QED) is 0.797. The van der Waals surface area contributed by atoms with E-state index >= 15 is 0 Å². The molecule has 2 rings (SSSR count). The smallest absolute Gasteiger partial charge is 0.354 e. The van der Waals surface area contributed by atoms with E-state index < -0.39 is 5.97 Å². The Hall–Kier alpha value is -2.50. The highest BCUT2D eigenvalue weighted by Gasteiger charge is 2.17. The Morgan fingerprint density at radius 2 is 2.00 bits per heavy atom. The lowest BCUT2D eigenvalue weighted by Crippen LogP contribution is -2.17. The first-order chi connectivity index (χ1) is 10.9. The van der Waals surface area contributed by atoms with Crippen molar-refractivity contribution in [2.75, 3.05) is 11.9 Å². The van der Waals surface area contributed by atoms with Crippen LogP contribution in [0.5, 0.6) is 0 Å². The fourth-order valence-electron chi connectivity index (χ4n) is 2.03. The van der Waals surface area contributed by atoms with Gasteiger partial charge < -0.3 is 10.4 Å². The highest BCUT2D eigenvalue weighted by atomic mass is 16.4. The summed E-state index contributed by atoms with van der Waals surface area (Å²) < 4.78 is 0. The fraction of sp³-hybridized carbons (Fsp3) is 0.412. The SMILES string of the molecule is CC(C)(C)c1nccc(CCCNc2cccc(C(=O)O)n2)n1. The van der Waals surface area contributed by atoms with Crippen LogP contribution in [0.15, 0.2) is 30.5 Å². The predicted octanol–water partition coefficient (Wildman–Crippen LogP) is 2.91. The van der Waals surface area contributed by atoms with E-state index in [1.54, 1.807) is 18.3 Å². The maximum Gasteiger partial charge on any atom is 0.354 e. The summed E-state index contributed by atoms with van der Waals surface area (Å²) >= 11 is 0. The Labute approximate surface area is 136 Å². The molecule has 0 fully saturated rings. The zero-order valence-corrected chi connectivity index (χ0v) is 13.7. The van der Waals surface area contributed by atoms with Gasteiger partial charge in [0.05, 0.1) is 0 Å². The summed E-state index contributed by atoms with van der Waals surface area (Å²) in [5.41, 5.74) is 0.995. The van der Waals surface area contributed by atoms with Gasteiger partial charge in [0, 0.05) is 23.9 Å². The fourth-order valence-corrected chi connectivity index (χ4v) is 2.03. The molecule has 0 aliphatic rings. The van der Waals surface area contributed by atoms with E-state index in [1.165, 1.54) is 6.07 Å². The molecule has 0 spiro atoms. The Morgan fingerprint density at radius 1 is 1.22 bits per heavy atom. The van der Waals surface area contributed by atoms with E-state index in [4.69, 9.17) is 5.11 Å². The maximum atomic E-state index is 10.9. The number of rotatable bonds is 6. The van der Waals surface area contributed by atoms with Gasteiger partial charge in [-0.05, 0) is 31.0 Å². The van der Waals surface area contributed by atoms with Gasteiger partial charge in [0.15, 0.2) is 5.69 Å². The molecule has 2 heterocycles. The van der Waals surface area contributed by atoms with Crippen molar-refractivity contribution < 1.29 is 9.90 Å². The van der Waals surface area contributed by atoms with Crippen LogP contribution >= 0.6 is 0 Å². The first kappa shape index (κ1) is 16.9. The summed E-state index contributed by atoms with van der Waals surface area (Å²) in [5.74, 6) is 0.395. The number of hydrogen-bond acceptors (Lipinski definition) is 5. The molecule has 0 atom stereocenters. The molecule has 2 aromatic heterocycles. The number of pyridine rings is 1. The van der Waals surface area contributed by atoms with Gasteiger partial charge in [0.25, 0.3) is 0 Å². The second-order valence-corrected chi connectivity index (χ2v) is 6.37. The molecule has 23 heavy (non-hydrogen) atoms. The number of carbonyl (C=O) groups is 1. The summed E-state index contributed by atoms with van der Waals surface area (Å²) in [4.78, 5) is 23.8. The molecule has 0 amide bonds. The molecule has 0 aromatic carbocycles. The molecule has 122 valence electrons. The number of carboxylic acid groups (broad SMARTS) is 1. The van der Waals surface area contributed by atoms with Crippen LogP contribution in [0, 0.1) is 0 Å². The van der Waals surface area contributed by atoms with Crippen LogP contribution in [0.3, 0.4) is 0 Å². The summed E-state index contributed by atoms with van der Waals surface area (Å²) in [6.07, 6.45) is 3.50. The number of aromatic nitrogens is 3. The van der Waals surface area contributed by atoms with Crippen LogP contribution in [0.1, 0.15) is 49.2 Å². The molecule has 0 aliphatic carbocycles. The lowest BCUT2D eigenvalue weighted by atomic mass is 9.95. The largest absolute Gasteiger partial charge is 0.477 e. The van der Waals surface area contributed by atoms with E-state index in [0.29, 0.717) is 12.4 Å². The lowest BCUT2D eigenvalue weighted by Gasteiger charge is -2.16. The minimum Gasteiger partial charge on any atom is -0.477 e. The molecule has 0 unspecified atom stereocenters. The average molecular weight is 314 g/mol. The second-order valence-electron chi connectivity index (χ2n) is 6.37. The van der Waals surface area contributed by atoms with Crippen molar-refractivity contribution in [1.82, 2.24) is 15.0 Å². The number of nitrogens with one attached hydrogen (secondary N) is 1. The molecular formula is C17H22N4O2. The molecule has 0 saturated carbocycles. The van der Waals surface area contributed by atoms with Crippen molar-refractivity contribution in [2.45, 2.75) is 39.0 Å². The summed E-state index contributed by atoms with van der Waals surface area (Å²) in [5, 5.41) is 12.1. The topological polar surface area (TPSA) is 88.0 Å². The van der Waals surface area contributed by atoms with Gasteiger partial charge in [-0.25, -0.2) is 19.7 Å². The normalized spacial score (nSPS) is 11.3. The molecule has 2 aromatic rings. The van der Waals surface area contributed by atoms with Gasteiger partial charge >= 0.3 is 5.97 Å². The van der Waals surface area contributed by atoms with Crippen LogP contribution < -0.4 is 5.32 Å². The summed E-state index contributed by atoms with van der Waals surface area (Å²) in [6, 6.07) is 6.84. The van der Waals surface area contributed by atoms with Crippen LogP contribution in [-0.2, 0) is 11.8 Å². The zero-order valence-electron chi connectivity index (χ0n) is 13.7. The van der Waals surface area contributed by atoms with Crippen molar-refractivity contribution in [1.29, 1.82) is 0 Å². The van der Waals surface area contributed by atoms with Crippen LogP contribution in [0.25, 0.3) is 0 Å². The van der Waals surface area contributed by atoms with Crippen LogP contribution in [0.4, 0.5) is 5.82 Å². The van der Waals surface area contributed by atoms with E-state index in [-0.39, 0.29) is 11.1 Å². The van der Waals surface area contributed by atoms with E-state index in [0.717, 1.165) is 24.4 Å². The molecular weight excluding hydrogens is 292 g/mol.